The van der Waals surface area contributed by atoms with Gasteiger partial charge in [-0.2, -0.15) is 10.1 Å². The van der Waals surface area contributed by atoms with Gasteiger partial charge in [0.1, 0.15) is 0 Å². The van der Waals surface area contributed by atoms with Crippen molar-refractivity contribution >= 4 is 5.69 Å². The number of nitrogens with zero attached hydrogens (tertiary/aromatic N) is 4. The zero-order chi connectivity index (χ0) is 21.3. The van der Waals surface area contributed by atoms with Crippen molar-refractivity contribution in [2.45, 2.75) is 68.6 Å². The Morgan fingerprint density at radius 1 is 1.12 bits per heavy atom. The van der Waals surface area contributed by atoms with Gasteiger partial charge in [0.2, 0.25) is 0 Å². The standard InChI is InChI=1S/C26H29N5O/c1-31-23(12-22(29-31)16-5-6-16)26-10-9-19(20(13-26)14-26)15-27-21-4-2-3-18(11-21)25-28-24(30-32-25)17-7-8-17/h2-4,11-12,16-17,27H,5-10,13-15H2,1H3. The first-order chi connectivity index (χ1) is 15.7. The van der Waals surface area contributed by atoms with Crippen molar-refractivity contribution in [1.29, 1.82) is 0 Å². The van der Waals surface area contributed by atoms with Gasteiger partial charge < -0.3 is 9.84 Å². The van der Waals surface area contributed by atoms with E-state index in [0.29, 0.717) is 17.2 Å². The van der Waals surface area contributed by atoms with Crippen LogP contribution in [0.3, 0.4) is 0 Å². The Balaban J connectivity index is 1.03. The molecule has 2 bridgehead atoms. The number of rotatable bonds is 7. The molecule has 2 heterocycles. The summed E-state index contributed by atoms with van der Waals surface area (Å²) in [6.07, 6.45) is 9.84. The Kier molecular flexibility index (Phi) is 3.97. The molecule has 0 aliphatic heterocycles. The van der Waals surface area contributed by atoms with Crippen LogP contribution < -0.4 is 5.32 Å². The van der Waals surface area contributed by atoms with Crippen LogP contribution in [-0.2, 0) is 12.5 Å². The molecule has 0 saturated heterocycles. The quantitative estimate of drug-likeness (QED) is 0.507. The van der Waals surface area contributed by atoms with Gasteiger partial charge in [-0.3, -0.25) is 4.68 Å². The Morgan fingerprint density at radius 3 is 2.72 bits per heavy atom. The van der Waals surface area contributed by atoms with Crippen molar-refractivity contribution in [3.05, 3.63) is 58.7 Å². The molecule has 5 aliphatic rings. The molecule has 1 N–H and O–H groups in total. The molecule has 164 valence electrons. The first-order valence-corrected chi connectivity index (χ1v) is 12.1. The fourth-order valence-electron chi connectivity index (χ4n) is 5.68. The minimum Gasteiger partial charge on any atom is -0.381 e. The number of anilines is 1. The smallest absolute Gasteiger partial charge is 0.258 e. The minimum atomic E-state index is 0.338. The van der Waals surface area contributed by atoms with E-state index in [1.165, 1.54) is 62.8 Å². The van der Waals surface area contributed by atoms with Crippen molar-refractivity contribution < 1.29 is 4.52 Å². The van der Waals surface area contributed by atoms with E-state index in [9.17, 15) is 0 Å². The number of aryl methyl sites for hydroxylation is 1. The van der Waals surface area contributed by atoms with E-state index in [1.807, 2.05) is 6.07 Å². The summed E-state index contributed by atoms with van der Waals surface area (Å²) in [5.74, 6) is 2.72. The molecule has 6 nitrogen and oxygen atoms in total. The molecule has 3 fully saturated rings. The number of allylic oxidation sites excluding steroid dienone is 1. The highest BCUT2D eigenvalue weighted by Gasteiger charge is 2.48. The number of aromatic nitrogens is 4. The summed E-state index contributed by atoms with van der Waals surface area (Å²) >= 11 is 0. The van der Waals surface area contributed by atoms with Crippen LogP contribution in [0.2, 0.25) is 0 Å². The Labute approximate surface area is 188 Å². The molecular formula is C26H29N5O. The second kappa shape index (κ2) is 6.80. The van der Waals surface area contributed by atoms with Gasteiger partial charge >= 0.3 is 0 Å². The molecule has 0 amide bonds. The number of hydrogen-bond donors (Lipinski definition) is 1. The van der Waals surface area contributed by atoms with Gasteiger partial charge in [-0.05, 0) is 75.6 Å². The third kappa shape index (κ3) is 3.11. The van der Waals surface area contributed by atoms with E-state index in [4.69, 9.17) is 9.62 Å². The van der Waals surface area contributed by atoms with E-state index in [0.717, 1.165) is 29.5 Å². The topological polar surface area (TPSA) is 68.8 Å². The van der Waals surface area contributed by atoms with Crippen LogP contribution in [0.25, 0.3) is 11.5 Å². The van der Waals surface area contributed by atoms with Gasteiger partial charge in [-0.25, -0.2) is 0 Å². The molecule has 0 spiro atoms. The summed E-state index contributed by atoms with van der Waals surface area (Å²) in [6, 6.07) is 10.8. The highest BCUT2D eigenvalue weighted by Crippen LogP contribution is 2.56. The van der Waals surface area contributed by atoms with Crippen molar-refractivity contribution in [2.75, 3.05) is 11.9 Å². The fourth-order valence-corrected chi connectivity index (χ4v) is 5.68. The molecule has 8 rings (SSSR count). The Hall–Kier alpha value is -2.89. The Bertz CT molecular complexity index is 1220. The molecule has 0 radical (unpaired) electrons. The average molecular weight is 428 g/mol. The zero-order valence-corrected chi connectivity index (χ0v) is 18.6. The monoisotopic (exact) mass is 427 g/mol. The van der Waals surface area contributed by atoms with Crippen LogP contribution >= 0.6 is 0 Å². The first kappa shape index (κ1) is 18.7. The summed E-state index contributed by atoms with van der Waals surface area (Å²) in [5, 5.41) is 12.6. The third-order valence-corrected chi connectivity index (χ3v) is 7.95. The molecule has 0 atom stereocenters. The average Bonchev–Trinajstić information content (AvgIpc) is 3.73. The lowest BCUT2D eigenvalue weighted by atomic mass is 9.55. The maximum absolute atomic E-state index is 5.50. The molecule has 0 unspecified atom stereocenters. The second-order valence-corrected chi connectivity index (χ2v) is 10.4. The van der Waals surface area contributed by atoms with Gasteiger partial charge in [0.05, 0.1) is 5.69 Å². The number of hydrogen-bond acceptors (Lipinski definition) is 5. The van der Waals surface area contributed by atoms with Crippen LogP contribution in [0.4, 0.5) is 5.69 Å². The lowest BCUT2D eigenvalue weighted by molar-refractivity contribution is 0.258. The maximum Gasteiger partial charge on any atom is 0.258 e. The zero-order valence-electron chi connectivity index (χ0n) is 18.6. The molecule has 6 heteroatoms. The van der Waals surface area contributed by atoms with Crippen LogP contribution in [0.5, 0.6) is 0 Å². The second-order valence-electron chi connectivity index (χ2n) is 10.4. The molecule has 2 aromatic heterocycles. The van der Waals surface area contributed by atoms with E-state index in [1.54, 1.807) is 11.1 Å². The summed E-state index contributed by atoms with van der Waals surface area (Å²) in [6.45, 7) is 0.921. The summed E-state index contributed by atoms with van der Waals surface area (Å²) in [7, 11) is 2.14. The SMILES string of the molecule is Cn1nc(C2CC2)cc1C12CCC(CNc3cccc(-c4nc(C5CC5)no4)c3)=C(C1)C2. The van der Waals surface area contributed by atoms with E-state index in [2.05, 4.69) is 51.5 Å². The van der Waals surface area contributed by atoms with Crippen LogP contribution in [-0.4, -0.2) is 26.5 Å². The molecular weight excluding hydrogens is 398 g/mol. The third-order valence-electron chi connectivity index (χ3n) is 7.95. The summed E-state index contributed by atoms with van der Waals surface area (Å²) in [5.41, 5.74) is 8.47. The van der Waals surface area contributed by atoms with Crippen LogP contribution in [0.15, 0.2) is 46.0 Å². The summed E-state index contributed by atoms with van der Waals surface area (Å²) in [4.78, 5) is 4.59. The molecule has 5 aliphatic carbocycles. The van der Waals surface area contributed by atoms with Crippen molar-refractivity contribution in [1.82, 2.24) is 19.9 Å². The van der Waals surface area contributed by atoms with Gasteiger partial charge in [-0.1, -0.05) is 22.4 Å². The predicted octanol–water partition coefficient (Wildman–Crippen LogP) is 5.46. The molecule has 1 aromatic carbocycles. The predicted molar refractivity (Wildman–Crippen MR) is 123 cm³/mol. The van der Waals surface area contributed by atoms with Gasteiger partial charge in [-0.15, -0.1) is 0 Å². The minimum absolute atomic E-state index is 0.338. The fraction of sp³-hybridized carbons (Fsp3) is 0.500. The van der Waals surface area contributed by atoms with Crippen LogP contribution in [0, 0.1) is 0 Å². The molecule has 3 saturated carbocycles. The highest BCUT2D eigenvalue weighted by atomic mass is 16.5. The summed E-state index contributed by atoms with van der Waals surface area (Å²) < 4.78 is 7.67. The van der Waals surface area contributed by atoms with E-state index >= 15 is 0 Å². The van der Waals surface area contributed by atoms with Gasteiger partial charge in [0, 0.05) is 47.8 Å². The number of benzene rings is 1. The maximum atomic E-state index is 5.50. The van der Waals surface area contributed by atoms with Gasteiger partial charge in [0.15, 0.2) is 5.82 Å². The molecule has 32 heavy (non-hydrogen) atoms. The molecule has 3 aromatic rings. The first-order valence-electron chi connectivity index (χ1n) is 12.1. The normalized spacial score (nSPS) is 21.5. The van der Waals surface area contributed by atoms with Gasteiger partial charge in [0.25, 0.3) is 5.89 Å². The largest absolute Gasteiger partial charge is 0.381 e. The Morgan fingerprint density at radius 2 is 1.97 bits per heavy atom. The van der Waals surface area contributed by atoms with Crippen LogP contribution in [0.1, 0.15) is 80.4 Å². The van der Waals surface area contributed by atoms with E-state index in [-0.39, 0.29) is 0 Å². The van der Waals surface area contributed by atoms with Crippen molar-refractivity contribution in [2.24, 2.45) is 7.05 Å². The number of nitrogens with one attached hydrogen (secondary N) is 1. The van der Waals surface area contributed by atoms with E-state index < -0.39 is 0 Å². The highest BCUT2D eigenvalue weighted by molar-refractivity contribution is 5.61. The number of fused-ring (bicyclic) bond motifs is 2. The van der Waals surface area contributed by atoms with Crippen molar-refractivity contribution in [3.63, 3.8) is 0 Å². The lowest BCUT2D eigenvalue weighted by Gasteiger charge is -2.49. The van der Waals surface area contributed by atoms with Crippen molar-refractivity contribution in [3.8, 4) is 11.5 Å². The lowest BCUT2D eigenvalue weighted by Crippen LogP contribution is -2.42.